The Labute approximate surface area is 104 Å². The Morgan fingerprint density at radius 2 is 2.29 bits per heavy atom. The Balaban J connectivity index is 1.94. The highest BCUT2D eigenvalue weighted by Crippen LogP contribution is 2.33. The van der Waals surface area contributed by atoms with Crippen molar-refractivity contribution in [3.63, 3.8) is 0 Å². The molecule has 2 rings (SSSR count). The van der Waals surface area contributed by atoms with Crippen LogP contribution in [0, 0.1) is 5.92 Å². The molecular weight excluding hydrogens is 212 g/mol. The second kappa shape index (κ2) is 5.54. The summed E-state index contributed by atoms with van der Waals surface area (Å²) in [6.45, 7) is 5.21. The molecule has 17 heavy (non-hydrogen) atoms. The van der Waals surface area contributed by atoms with Crippen molar-refractivity contribution in [3.8, 4) is 5.75 Å². The third-order valence-corrected chi connectivity index (χ3v) is 3.48. The van der Waals surface area contributed by atoms with Crippen LogP contribution in [0.2, 0.25) is 0 Å². The number of ether oxygens (including phenoxy) is 1. The second-order valence-electron chi connectivity index (χ2n) is 5.12. The molecule has 0 radical (unpaired) electrons. The molecule has 1 aliphatic carbocycles. The van der Waals surface area contributed by atoms with Gasteiger partial charge in [0.05, 0.1) is 12.7 Å². The standard InChI is InChI=1S/C15H22O2/c1-3-4-11(2)10-17-13-6-7-14-12(9-13)5-8-15(14)16/h6-7,9,11,15-16H,3-5,8,10H2,1-2H3/t11?,15-/m1/s1. The average molecular weight is 234 g/mol. The van der Waals surface area contributed by atoms with Gasteiger partial charge in [-0.2, -0.15) is 0 Å². The van der Waals surface area contributed by atoms with Crippen LogP contribution < -0.4 is 4.74 Å². The predicted octanol–water partition coefficient (Wildman–Crippen LogP) is 3.48. The van der Waals surface area contributed by atoms with Gasteiger partial charge in [0.2, 0.25) is 0 Å². The topological polar surface area (TPSA) is 29.5 Å². The van der Waals surface area contributed by atoms with E-state index in [2.05, 4.69) is 19.9 Å². The van der Waals surface area contributed by atoms with E-state index in [0.29, 0.717) is 5.92 Å². The highest BCUT2D eigenvalue weighted by atomic mass is 16.5. The van der Waals surface area contributed by atoms with Crippen LogP contribution in [0.1, 0.15) is 50.3 Å². The first kappa shape index (κ1) is 12.4. The van der Waals surface area contributed by atoms with Gasteiger partial charge in [0.25, 0.3) is 0 Å². The van der Waals surface area contributed by atoms with E-state index in [-0.39, 0.29) is 6.10 Å². The molecule has 0 spiro atoms. The fraction of sp³-hybridized carbons (Fsp3) is 0.600. The number of hydrogen-bond donors (Lipinski definition) is 1. The minimum Gasteiger partial charge on any atom is -0.493 e. The first-order valence-electron chi connectivity index (χ1n) is 6.64. The van der Waals surface area contributed by atoms with Gasteiger partial charge in [-0.3, -0.25) is 0 Å². The summed E-state index contributed by atoms with van der Waals surface area (Å²) in [5.74, 6) is 1.56. The fourth-order valence-corrected chi connectivity index (χ4v) is 2.48. The van der Waals surface area contributed by atoms with Gasteiger partial charge < -0.3 is 9.84 Å². The second-order valence-corrected chi connectivity index (χ2v) is 5.12. The van der Waals surface area contributed by atoms with Gasteiger partial charge >= 0.3 is 0 Å². The number of aliphatic hydroxyl groups is 1. The summed E-state index contributed by atoms with van der Waals surface area (Å²) in [6.07, 6.45) is 3.98. The maximum Gasteiger partial charge on any atom is 0.119 e. The summed E-state index contributed by atoms with van der Waals surface area (Å²) < 4.78 is 5.80. The lowest BCUT2D eigenvalue weighted by molar-refractivity contribution is 0.180. The van der Waals surface area contributed by atoms with E-state index in [0.717, 1.165) is 30.8 Å². The van der Waals surface area contributed by atoms with E-state index >= 15 is 0 Å². The Hall–Kier alpha value is -1.02. The van der Waals surface area contributed by atoms with Crippen LogP contribution in [0.3, 0.4) is 0 Å². The normalized spacial score (nSPS) is 20.1. The van der Waals surface area contributed by atoms with Crippen LogP contribution in [0.25, 0.3) is 0 Å². The van der Waals surface area contributed by atoms with Crippen molar-refractivity contribution < 1.29 is 9.84 Å². The Bertz CT molecular complexity index is 373. The first-order chi connectivity index (χ1) is 8.20. The number of benzene rings is 1. The van der Waals surface area contributed by atoms with E-state index in [1.807, 2.05) is 12.1 Å². The van der Waals surface area contributed by atoms with E-state index in [4.69, 9.17) is 4.74 Å². The molecule has 0 aliphatic heterocycles. The molecular formula is C15H22O2. The molecule has 0 aromatic heterocycles. The number of hydrogen-bond acceptors (Lipinski definition) is 2. The molecule has 1 unspecified atom stereocenters. The number of aryl methyl sites for hydroxylation is 1. The molecule has 1 aliphatic rings. The van der Waals surface area contributed by atoms with Crippen molar-refractivity contribution in [1.82, 2.24) is 0 Å². The molecule has 1 aromatic rings. The highest BCUT2D eigenvalue weighted by molar-refractivity contribution is 5.39. The van der Waals surface area contributed by atoms with Crippen LogP contribution in [0.4, 0.5) is 0 Å². The van der Waals surface area contributed by atoms with Gasteiger partial charge in [0.15, 0.2) is 0 Å². The summed E-state index contributed by atoms with van der Waals surface area (Å²) >= 11 is 0. The van der Waals surface area contributed by atoms with Gasteiger partial charge in [-0.25, -0.2) is 0 Å². The molecule has 2 heteroatoms. The molecule has 1 aromatic carbocycles. The monoisotopic (exact) mass is 234 g/mol. The first-order valence-corrected chi connectivity index (χ1v) is 6.64. The van der Waals surface area contributed by atoms with Crippen LogP contribution in [0.15, 0.2) is 18.2 Å². The van der Waals surface area contributed by atoms with Gasteiger partial charge in [0.1, 0.15) is 5.75 Å². The molecule has 2 atom stereocenters. The number of fused-ring (bicyclic) bond motifs is 1. The van der Waals surface area contributed by atoms with Crippen molar-refractivity contribution in [2.24, 2.45) is 5.92 Å². The third-order valence-electron chi connectivity index (χ3n) is 3.48. The Morgan fingerprint density at radius 1 is 1.47 bits per heavy atom. The van der Waals surface area contributed by atoms with Crippen LogP contribution in [-0.4, -0.2) is 11.7 Å². The fourth-order valence-electron chi connectivity index (χ4n) is 2.48. The smallest absolute Gasteiger partial charge is 0.119 e. The molecule has 0 saturated heterocycles. The number of rotatable bonds is 5. The zero-order valence-electron chi connectivity index (χ0n) is 10.8. The minimum atomic E-state index is -0.266. The van der Waals surface area contributed by atoms with Crippen molar-refractivity contribution in [3.05, 3.63) is 29.3 Å². The summed E-state index contributed by atoms with van der Waals surface area (Å²) in [6, 6.07) is 6.07. The zero-order chi connectivity index (χ0) is 12.3. The van der Waals surface area contributed by atoms with Crippen molar-refractivity contribution in [1.29, 1.82) is 0 Å². The molecule has 94 valence electrons. The Kier molecular flexibility index (Phi) is 4.06. The van der Waals surface area contributed by atoms with Crippen LogP contribution in [0.5, 0.6) is 5.75 Å². The highest BCUT2D eigenvalue weighted by Gasteiger charge is 2.20. The molecule has 0 amide bonds. The van der Waals surface area contributed by atoms with Crippen molar-refractivity contribution in [2.75, 3.05) is 6.61 Å². The largest absolute Gasteiger partial charge is 0.493 e. The molecule has 0 bridgehead atoms. The van der Waals surface area contributed by atoms with E-state index < -0.39 is 0 Å². The molecule has 1 N–H and O–H groups in total. The molecule has 0 heterocycles. The summed E-state index contributed by atoms with van der Waals surface area (Å²) in [7, 11) is 0. The zero-order valence-corrected chi connectivity index (χ0v) is 10.8. The van der Waals surface area contributed by atoms with Crippen LogP contribution in [-0.2, 0) is 6.42 Å². The van der Waals surface area contributed by atoms with Crippen LogP contribution >= 0.6 is 0 Å². The average Bonchev–Trinajstić information content (AvgIpc) is 2.69. The SMILES string of the molecule is CCCC(C)COc1ccc2c(c1)CC[C@H]2O. The third kappa shape index (κ3) is 3.01. The lowest BCUT2D eigenvalue weighted by Gasteiger charge is -2.13. The van der Waals surface area contributed by atoms with E-state index in [1.165, 1.54) is 18.4 Å². The molecule has 2 nitrogen and oxygen atoms in total. The number of aliphatic hydroxyl groups excluding tert-OH is 1. The van der Waals surface area contributed by atoms with Gasteiger partial charge in [-0.15, -0.1) is 0 Å². The summed E-state index contributed by atoms with van der Waals surface area (Å²) in [5, 5.41) is 9.72. The predicted molar refractivity (Wildman–Crippen MR) is 69.3 cm³/mol. The van der Waals surface area contributed by atoms with Gasteiger partial charge in [-0.05, 0) is 48.4 Å². The summed E-state index contributed by atoms with van der Waals surface area (Å²) in [5.41, 5.74) is 2.33. The molecule has 0 saturated carbocycles. The van der Waals surface area contributed by atoms with Gasteiger partial charge in [-0.1, -0.05) is 26.3 Å². The lowest BCUT2D eigenvalue weighted by atomic mass is 10.1. The lowest BCUT2D eigenvalue weighted by Crippen LogP contribution is -2.08. The van der Waals surface area contributed by atoms with E-state index in [1.54, 1.807) is 0 Å². The van der Waals surface area contributed by atoms with E-state index in [9.17, 15) is 5.11 Å². The Morgan fingerprint density at radius 3 is 3.06 bits per heavy atom. The van der Waals surface area contributed by atoms with Crippen molar-refractivity contribution in [2.45, 2.75) is 45.6 Å². The van der Waals surface area contributed by atoms with Gasteiger partial charge in [0, 0.05) is 0 Å². The molecule has 0 fully saturated rings. The minimum absolute atomic E-state index is 0.266. The van der Waals surface area contributed by atoms with Crippen molar-refractivity contribution >= 4 is 0 Å². The maximum absolute atomic E-state index is 9.72. The summed E-state index contributed by atoms with van der Waals surface area (Å²) in [4.78, 5) is 0. The maximum atomic E-state index is 9.72. The quantitative estimate of drug-likeness (QED) is 0.845.